The second-order valence-electron chi connectivity index (χ2n) is 6.56. The van der Waals surface area contributed by atoms with Gasteiger partial charge in [-0.05, 0) is 62.7 Å². The van der Waals surface area contributed by atoms with Crippen LogP contribution in [0, 0.1) is 17.8 Å². The van der Waals surface area contributed by atoms with Crippen LogP contribution in [-0.4, -0.2) is 18.1 Å². The van der Waals surface area contributed by atoms with Crippen LogP contribution in [0.5, 0.6) is 0 Å². The third-order valence-corrected chi connectivity index (χ3v) is 5.07. The van der Waals surface area contributed by atoms with Crippen molar-refractivity contribution in [3.63, 3.8) is 0 Å². The Morgan fingerprint density at radius 3 is 1.94 bits per heavy atom. The lowest BCUT2D eigenvalue weighted by Gasteiger charge is -2.37. The lowest BCUT2D eigenvalue weighted by molar-refractivity contribution is 0.182. The number of hydrogen-bond donors (Lipinski definition) is 3. The second kappa shape index (κ2) is 5.68. The molecular formula is C14H29N3. The Kier molecular flexibility index (Phi) is 4.45. The average molecular weight is 239 g/mol. The van der Waals surface area contributed by atoms with Crippen LogP contribution in [0.3, 0.4) is 0 Å². The molecule has 0 radical (unpaired) electrons. The van der Waals surface area contributed by atoms with E-state index in [2.05, 4.69) is 6.92 Å². The largest absolute Gasteiger partial charge is 0.327 e. The molecule has 3 heteroatoms. The van der Waals surface area contributed by atoms with Crippen LogP contribution in [-0.2, 0) is 0 Å². The topological polar surface area (TPSA) is 78.1 Å². The summed E-state index contributed by atoms with van der Waals surface area (Å²) in [5, 5.41) is 0. The van der Waals surface area contributed by atoms with Crippen LogP contribution in [0.4, 0.5) is 0 Å². The van der Waals surface area contributed by atoms with E-state index in [1.807, 2.05) is 0 Å². The van der Waals surface area contributed by atoms with Crippen molar-refractivity contribution in [3.05, 3.63) is 0 Å². The van der Waals surface area contributed by atoms with Crippen molar-refractivity contribution in [2.75, 3.05) is 0 Å². The summed E-state index contributed by atoms with van der Waals surface area (Å²) >= 11 is 0. The predicted molar refractivity (Wildman–Crippen MR) is 72.4 cm³/mol. The van der Waals surface area contributed by atoms with Gasteiger partial charge in [0.1, 0.15) is 0 Å². The Bertz CT molecular complexity index is 220. The Balaban J connectivity index is 1.78. The van der Waals surface area contributed by atoms with E-state index in [1.165, 1.54) is 32.1 Å². The van der Waals surface area contributed by atoms with Gasteiger partial charge < -0.3 is 17.2 Å². The van der Waals surface area contributed by atoms with Gasteiger partial charge in [0.2, 0.25) is 0 Å². The molecule has 6 N–H and O–H groups in total. The highest BCUT2D eigenvalue weighted by Crippen LogP contribution is 2.36. The van der Waals surface area contributed by atoms with Gasteiger partial charge in [-0.3, -0.25) is 0 Å². The van der Waals surface area contributed by atoms with Gasteiger partial charge >= 0.3 is 0 Å². The quantitative estimate of drug-likeness (QED) is 0.685. The minimum absolute atomic E-state index is 0.233. The number of nitrogens with two attached hydrogens (primary N) is 3. The van der Waals surface area contributed by atoms with Gasteiger partial charge in [-0.2, -0.15) is 0 Å². The van der Waals surface area contributed by atoms with Crippen LogP contribution >= 0.6 is 0 Å². The molecule has 0 aliphatic heterocycles. The van der Waals surface area contributed by atoms with E-state index in [4.69, 9.17) is 17.2 Å². The van der Waals surface area contributed by atoms with Gasteiger partial charge in [-0.25, -0.2) is 0 Å². The Labute approximate surface area is 105 Å². The zero-order valence-electron chi connectivity index (χ0n) is 11.1. The van der Waals surface area contributed by atoms with E-state index in [-0.39, 0.29) is 12.1 Å². The zero-order chi connectivity index (χ0) is 12.4. The summed E-state index contributed by atoms with van der Waals surface area (Å²) in [6.07, 6.45) is 8.75. The van der Waals surface area contributed by atoms with Gasteiger partial charge in [-0.1, -0.05) is 6.92 Å². The summed E-state index contributed by atoms with van der Waals surface area (Å²) in [5.41, 5.74) is 18.1. The fourth-order valence-corrected chi connectivity index (χ4v) is 3.75. The third-order valence-electron chi connectivity index (χ3n) is 5.07. The van der Waals surface area contributed by atoms with Gasteiger partial charge in [0.25, 0.3) is 0 Å². The second-order valence-corrected chi connectivity index (χ2v) is 6.56. The molecule has 2 rings (SSSR count). The molecule has 6 atom stereocenters. The zero-order valence-corrected chi connectivity index (χ0v) is 11.1. The molecule has 3 nitrogen and oxygen atoms in total. The predicted octanol–water partition coefficient (Wildman–Crippen LogP) is 1.59. The lowest BCUT2D eigenvalue weighted by atomic mass is 9.72. The molecular weight excluding hydrogens is 210 g/mol. The molecule has 0 heterocycles. The summed E-state index contributed by atoms with van der Waals surface area (Å²) in [5.74, 6) is 2.40. The molecule has 0 saturated heterocycles. The third kappa shape index (κ3) is 3.43. The standard InChI is InChI=1S/C14H29N3/c1-9-6-10(2-4-12(9)15)7-11-3-5-13(16)14(17)8-11/h9-14H,2-8,15-17H2,1H3. The first-order valence-electron chi connectivity index (χ1n) is 7.33. The molecule has 2 aliphatic rings. The highest BCUT2D eigenvalue weighted by Gasteiger charge is 2.30. The van der Waals surface area contributed by atoms with E-state index < -0.39 is 0 Å². The Hall–Kier alpha value is -0.120. The molecule has 6 unspecified atom stereocenters. The van der Waals surface area contributed by atoms with Crippen LogP contribution in [0.15, 0.2) is 0 Å². The van der Waals surface area contributed by atoms with Crippen LogP contribution in [0.2, 0.25) is 0 Å². The van der Waals surface area contributed by atoms with Crippen molar-refractivity contribution in [1.82, 2.24) is 0 Å². The molecule has 2 saturated carbocycles. The summed E-state index contributed by atoms with van der Waals surface area (Å²) in [7, 11) is 0. The first-order chi connectivity index (χ1) is 8.06. The van der Waals surface area contributed by atoms with Crippen molar-refractivity contribution in [2.45, 2.75) is 70.0 Å². The Morgan fingerprint density at radius 2 is 1.35 bits per heavy atom. The summed E-state index contributed by atoms with van der Waals surface area (Å²) in [4.78, 5) is 0. The maximum Gasteiger partial charge on any atom is 0.0194 e. The van der Waals surface area contributed by atoms with E-state index in [0.717, 1.165) is 24.7 Å². The van der Waals surface area contributed by atoms with Crippen LogP contribution in [0.25, 0.3) is 0 Å². The van der Waals surface area contributed by atoms with Crippen molar-refractivity contribution in [1.29, 1.82) is 0 Å². The van der Waals surface area contributed by atoms with E-state index >= 15 is 0 Å². The van der Waals surface area contributed by atoms with E-state index in [9.17, 15) is 0 Å². The van der Waals surface area contributed by atoms with Crippen molar-refractivity contribution >= 4 is 0 Å². The van der Waals surface area contributed by atoms with E-state index in [0.29, 0.717) is 12.0 Å². The minimum atomic E-state index is 0.233. The minimum Gasteiger partial charge on any atom is -0.327 e. The maximum absolute atomic E-state index is 6.08. The summed E-state index contributed by atoms with van der Waals surface area (Å²) < 4.78 is 0. The maximum atomic E-state index is 6.08. The molecule has 0 spiro atoms. The van der Waals surface area contributed by atoms with Crippen molar-refractivity contribution < 1.29 is 0 Å². The molecule has 0 bridgehead atoms. The Morgan fingerprint density at radius 1 is 0.765 bits per heavy atom. The first kappa shape index (κ1) is 13.3. The molecule has 0 aromatic rings. The number of rotatable bonds is 2. The van der Waals surface area contributed by atoms with E-state index in [1.54, 1.807) is 0 Å². The van der Waals surface area contributed by atoms with Gasteiger partial charge in [-0.15, -0.1) is 0 Å². The first-order valence-corrected chi connectivity index (χ1v) is 7.33. The van der Waals surface area contributed by atoms with Crippen molar-refractivity contribution in [2.24, 2.45) is 35.0 Å². The molecule has 0 amide bonds. The monoisotopic (exact) mass is 239 g/mol. The SMILES string of the molecule is CC1CC(CC2CCC(N)C(N)C2)CCC1N. The summed E-state index contributed by atoms with van der Waals surface area (Å²) in [6, 6.07) is 0.912. The summed E-state index contributed by atoms with van der Waals surface area (Å²) in [6.45, 7) is 2.30. The fourth-order valence-electron chi connectivity index (χ4n) is 3.75. The molecule has 17 heavy (non-hydrogen) atoms. The number of hydrogen-bond acceptors (Lipinski definition) is 3. The molecule has 0 aromatic heterocycles. The van der Waals surface area contributed by atoms with Gasteiger partial charge in [0.05, 0.1) is 0 Å². The van der Waals surface area contributed by atoms with Crippen LogP contribution < -0.4 is 17.2 Å². The normalized spacial score (nSPS) is 48.0. The highest BCUT2D eigenvalue weighted by molar-refractivity contribution is 4.87. The molecule has 2 aliphatic carbocycles. The lowest BCUT2D eigenvalue weighted by Crippen LogP contribution is -2.46. The van der Waals surface area contributed by atoms with Gasteiger partial charge in [0.15, 0.2) is 0 Å². The molecule has 100 valence electrons. The highest BCUT2D eigenvalue weighted by atomic mass is 14.8. The van der Waals surface area contributed by atoms with Crippen LogP contribution in [0.1, 0.15) is 51.9 Å². The van der Waals surface area contributed by atoms with Gasteiger partial charge in [0, 0.05) is 18.1 Å². The van der Waals surface area contributed by atoms with Crippen molar-refractivity contribution in [3.8, 4) is 0 Å². The molecule has 2 fully saturated rings. The fraction of sp³-hybridized carbons (Fsp3) is 1.00. The average Bonchev–Trinajstić information content (AvgIpc) is 2.29. The smallest absolute Gasteiger partial charge is 0.0194 e. The molecule has 0 aromatic carbocycles.